The van der Waals surface area contributed by atoms with E-state index < -0.39 is 0 Å². The summed E-state index contributed by atoms with van der Waals surface area (Å²) >= 11 is 3.36. The van der Waals surface area contributed by atoms with E-state index in [1.165, 1.54) is 4.57 Å². The van der Waals surface area contributed by atoms with E-state index in [1.54, 1.807) is 42.5 Å². The number of ketones is 1. The van der Waals surface area contributed by atoms with E-state index in [4.69, 9.17) is 0 Å². The van der Waals surface area contributed by atoms with E-state index in [0.717, 1.165) is 0 Å². The van der Waals surface area contributed by atoms with E-state index >= 15 is 0 Å². The first kappa shape index (κ1) is 11.5. The second kappa shape index (κ2) is 3.86. The van der Waals surface area contributed by atoms with Gasteiger partial charge < -0.3 is 0 Å². The molecule has 0 bridgehead atoms. The van der Waals surface area contributed by atoms with Gasteiger partial charge in [0.25, 0.3) is 5.56 Å². The lowest BCUT2D eigenvalue weighted by Crippen LogP contribution is -2.21. The van der Waals surface area contributed by atoms with E-state index in [1.807, 2.05) is 0 Å². The molecular formula is C15H7BrN2O2. The molecule has 5 heteroatoms. The number of carbonyl (C=O) groups excluding carboxylic acids is 1. The van der Waals surface area contributed by atoms with Gasteiger partial charge in [0.05, 0.1) is 22.2 Å². The van der Waals surface area contributed by atoms with Crippen molar-refractivity contribution in [1.82, 2.24) is 9.55 Å². The normalized spacial score (nSPS) is 12.6. The fourth-order valence-electron chi connectivity index (χ4n) is 2.54. The van der Waals surface area contributed by atoms with Crippen molar-refractivity contribution in [3.8, 4) is 5.69 Å². The van der Waals surface area contributed by atoms with Crippen LogP contribution in [-0.2, 0) is 0 Å². The number of hydrogen-bond donors (Lipinski definition) is 0. The molecule has 4 rings (SSSR count). The van der Waals surface area contributed by atoms with Gasteiger partial charge in [0, 0.05) is 4.47 Å². The second-order valence-corrected chi connectivity index (χ2v) is 5.41. The summed E-state index contributed by atoms with van der Waals surface area (Å²) in [5.41, 5.74) is 1.41. The lowest BCUT2D eigenvalue weighted by Gasteiger charge is -2.05. The fourth-order valence-corrected chi connectivity index (χ4v) is 3.08. The number of para-hydroxylation sites is 1. The lowest BCUT2D eigenvalue weighted by molar-refractivity contribution is 0.103. The third kappa shape index (κ3) is 1.33. The van der Waals surface area contributed by atoms with Gasteiger partial charge in [-0.25, -0.2) is 4.98 Å². The molecule has 2 aromatic carbocycles. The van der Waals surface area contributed by atoms with Crippen LogP contribution < -0.4 is 5.56 Å². The molecular weight excluding hydrogens is 320 g/mol. The van der Waals surface area contributed by atoms with Crippen LogP contribution in [-0.4, -0.2) is 15.3 Å². The number of halogens is 1. The van der Waals surface area contributed by atoms with Crippen molar-refractivity contribution in [3.05, 3.63) is 68.7 Å². The van der Waals surface area contributed by atoms with Crippen LogP contribution in [0, 0.1) is 0 Å². The summed E-state index contributed by atoms with van der Waals surface area (Å²) in [7, 11) is 0. The number of benzene rings is 2. The largest absolute Gasteiger partial charge is 0.285 e. The van der Waals surface area contributed by atoms with Gasteiger partial charge >= 0.3 is 0 Å². The predicted molar refractivity (Wildman–Crippen MR) is 78.5 cm³/mol. The van der Waals surface area contributed by atoms with Crippen LogP contribution in [0.15, 0.2) is 51.7 Å². The molecule has 3 aromatic rings. The van der Waals surface area contributed by atoms with Gasteiger partial charge in [0.2, 0.25) is 5.78 Å². The van der Waals surface area contributed by atoms with Crippen molar-refractivity contribution in [1.29, 1.82) is 0 Å². The highest BCUT2D eigenvalue weighted by Gasteiger charge is 2.31. The smallest absolute Gasteiger partial charge is 0.266 e. The lowest BCUT2D eigenvalue weighted by atomic mass is 10.1. The summed E-state index contributed by atoms with van der Waals surface area (Å²) in [6.07, 6.45) is 0. The minimum atomic E-state index is -0.227. The Bertz CT molecular complexity index is 960. The maximum Gasteiger partial charge on any atom is 0.266 e. The highest BCUT2D eigenvalue weighted by molar-refractivity contribution is 9.10. The Hall–Kier alpha value is -2.27. The number of carbonyl (C=O) groups is 1. The highest BCUT2D eigenvalue weighted by atomic mass is 79.9. The Morgan fingerprint density at radius 3 is 2.65 bits per heavy atom. The molecule has 0 fully saturated rings. The Balaban J connectivity index is 2.23. The molecule has 0 amide bonds. The number of rotatable bonds is 0. The minimum absolute atomic E-state index is 0.176. The molecule has 0 spiro atoms. The first-order chi connectivity index (χ1) is 9.68. The molecule has 0 N–H and O–H groups in total. The van der Waals surface area contributed by atoms with Crippen molar-refractivity contribution in [2.24, 2.45) is 0 Å². The summed E-state index contributed by atoms with van der Waals surface area (Å²) in [5, 5.41) is 0.511. The third-order valence-electron chi connectivity index (χ3n) is 3.44. The molecule has 2 heterocycles. The summed E-state index contributed by atoms with van der Waals surface area (Å²) in [5.74, 6) is -0.0501. The summed E-state index contributed by atoms with van der Waals surface area (Å²) in [6.45, 7) is 0. The van der Waals surface area contributed by atoms with Gasteiger partial charge in [-0.05, 0) is 40.2 Å². The van der Waals surface area contributed by atoms with Crippen LogP contribution in [0.1, 0.15) is 16.2 Å². The van der Waals surface area contributed by atoms with Crippen LogP contribution in [0.5, 0.6) is 0 Å². The van der Waals surface area contributed by atoms with Crippen LogP contribution in [0.2, 0.25) is 0 Å². The molecule has 1 aliphatic rings. The monoisotopic (exact) mass is 326 g/mol. The van der Waals surface area contributed by atoms with Gasteiger partial charge in [-0.1, -0.05) is 18.2 Å². The van der Waals surface area contributed by atoms with Crippen molar-refractivity contribution >= 4 is 32.6 Å². The molecule has 0 saturated heterocycles. The summed E-state index contributed by atoms with van der Waals surface area (Å²) < 4.78 is 2.07. The Kier molecular flexibility index (Phi) is 2.23. The maximum atomic E-state index is 12.6. The van der Waals surface area contributed by atoms with Gasteiger partial charge in [-0.2, -0.15) is 0 Å². The molecule has 0 aliphatic carbocycles. The number of aromatic nitrogens is 2. The molecule has 0 atom stereocenters. The summed E-state index contributed by atoms with van der Waals surface area (Å²) in [6, 6.07) is 12.4. The molecule has 96 valence electrons. The number of hydrogen-bond acceptors (Lipinski definition) is 3. The highest BCUT2D eigenvalue weighted by Crippen LogP contribution is 2.31. The van der Waals surface area contributed by atoms with E-state index in [2.05, 4.69) is 20.9 Å². The Labute approximate surface area is 121 Å². The maximum absolute atomic E-state index is 12.6. The van der Waals surface area contributed by atoms with Crippen LogP contribution >= 0.6 is 15.9 Å². The molecule has 1 aliphatic heterocycles. The predicted octanol–water partition coefficient (Wildman–Crippen LogP) is 2.69. The molecule has 1 aromatic heterocycles. The van der Waals surface area contributed by atoms with Gasteiger partial charge in [-0.15, -0.1) is 0 Å². The summed E-state index contributed by atoms with van der Waals surface area (Å²) in [4.78, 5) is 29.4. The van der Waals surface area contributed by atoms with Crippen molar-refractivity contribution in [2.45, 2.75) is 0 Å². The number of fused-ring (bicyclic) bond motifs is 4. The Morgan fingerprint density at radius 2 is 1.80 bits per heavy atom. The molecule has 4 nitrogen and oxygen atoms in total. The van der Waals surface area contributed by atoms with Crippen LogP contribution in [0.3, 0.4) is 0 Å². The molecule has 20 heavy (non-hydrogen) atoms. The van der Waals surface area contributed by atoms with E-state index in [-0.39, 0.29) is 17.2 Å². The van der Waals surface area contributed by atoms with Crippen LogP contribution in [0.25, 0.3) is 16.6 Å². The molecule has 0 saturated carbocycles. The average Bonchev–Trinajstić information content (AvgIpc) is 2.74. The Morgan fingerprint density at radius 1 is 1.00 bits per heavy atom. The molecule has 0 unspecified atom stereocenters. The minimum Gasteiger partial charge on any atom is -0.285 e. The first-order valence-corrected chi connectivity index (χ1v) is 6.83. The SMILES string of the molecule is O=C1c2c(Br)cccc2-n2c1nc1ccccc1c2=O. The second-order valence-electron chi connectivity index (χ2n) is 4.56. The first-order valence-electron chi connectivity index (χ1n) is 6.04. The van der Waals surface area contributed by atoms with Crippen molar-refractivity contribution in [2.75, 3.05) is 0 Å². The van der Waals surface area contributed by atoms with E-state index in [9.17, 15) is 9.59 Å². The zero-order chi connectivity index (χ0) is 13.9. The standard InChI is InChI=1S/C15H7BrN2O2/c16-9-5-3-7-11-12(9)13(19)14-17-10-6-2-1-4-8(10)15(20)18(11)14/h1-7H. The number of nitrogens with zero attached hydrogens (tertiary/aromatic N) is 2. The quantitative estimate of drug-likeness (QED) is 0.499. The van der Waals surface area contributed by atoms with E-state index in [0.29, 0.717) is 26.6 Å². The third-order valence-corrected chi connectivity index (χ3v) is 4.10. The zero-order valence-electron chi connectivity index (χ0n) is 10.1. The van der Waals surface area contributed by atoms with Crippen LogP contribution in [0.4, 0.5) is 0 Å². The topological polar surface area (TPSA) is 52.0 Å². The average molecular weight is 327 g/mol. The van der Waals surface area contributed by atoms with Crippen molar-refractivity contribution < 1.29 is 4.79 Å². The zero-order valence-corrected chi connectivity index (χ0v) is 11.7. The van der Waals surface area contributed by atoms with Crippen molar-refractivity contribution in [3.63, 3.8) is 0 Å². The van der Waals surface area contributed by atoms with Gasteiger partial charge in [0.1, 0.15) is 0 Å². The van der Waals surface area contributed by atoms with Gasteiger partial charge in [0.15, 0.2) is 5.82 Å². The van der Waals surface area contributed by atoms with Gasteiger partial charge in [-0.3, -0.25) is 14.2 Å². The fraction of sp³-hybridized carbons (Fsp3) is 0. The molecule has 0 radical (unpaired) electrons.